The highest BCUT2D eigenvalue weighted by Gasteiger charge is 2.22. The normalized spacial score (nSPS) is 18.1. The molecule has 0 aliphatic carbocycles. The topological polar surface area (TPSA) is 38.1 Å². The summed E-state index contributed by atoms with van der Waals surface area (Å²) >= 11 is 7.07. The average Bonchev–Trinajstić information content (AvgIpc) is 2.65. The largest absolute Gasteiger partial charge is 0.293 e. The molecule has 0 spiro atoms. The van der Waals surface area contributed by atoms with Crippen molar-refractivity contribution in [2.45, 2.75) is 38.8 Å². The molecule has 140 valence electrons. The van der Waals surface area contributed by atoms with Crippen LogP contribution in [-0.4, -0.2) is 27.0 Å². The fourth-order valence-electron chi connectivity index (χ4n) is 3.78. The Morgan fingerprint density at radius 2 is 1.93 bits per heavy atom. The summed E-state index contributed by atoms with van der Waals surface area (Å²) in [5.74, 6) is 0.787. The van der Waals surface area contributed by atoms with Crippen LogP contribution in [0.3, 0.4) is 0 Å². The summed E-state index contributed by atoms with van der Waals surface area (Å²) in [4.78, 5) is 20.8. The van der Waals surface area contributed by atoms with E-state index in [1.165, 1.54) is 19.3 Å². The van der Waals surface area contributed by atoms with Crippen LogP contribution in [0.25, 0.3) is 16.6 Å². The van der Waals surface area contributed by atoms with Gasteiger partial charge >= 0.3 is 0 Å². The maximum atomic E-state index is 13.4. The van der Waals surface area contributed by atoms with E-state index in [-0.39, 0.29) is 5.56 Å². The standard InChI is InChI=1S/C21H21Br2N3O/c1-14-7-5-6-10-25(14)13-19-24-20-17(11-15(22)12-18(20)23)21(27)26(19)16-8-3-2-4-9-16/h2-4,8-9,11-12,14H,5-7,10,13H2,1H3. The third-order valence-corrected chi connectivity index (χ3v) is 6.32. The van der Waals surface area contributed by atoms with E-state index in [0.29, 0.717) is 18.0 Å². The Hall–Kier alpha value is -1.50. The average molecular weight is 491 g/mol. The monoisotopic (exact) mass is 489 g/mol. The van der Waals surface area contributed by atoms with Crippen LogP contribution in [0, 0.1) is 0 Å². The number of hydrogen-bond donors (Lipinski definition) is 0. The summed E-state index contributed by atoms with van der Waals surface area (Å²) in [6.45, 7) is 3.98. The van der Waals surface area contributed by atoms with Gasteiger partial charge in [0.15, 0.2) is 0 Å². The van der Waals surface area contributed by atoms with Crippen LogP contribution in [-0.2, 0) is 6.54 Å². The molecule has 0 saturated carbocycles. The van der Waals surface area contributed by atoms with Gasteiger partial charge in [-0.3, -0.25) is 14.3 Å². The first-order valence-corrected chi connectivity index (χ1v) is 10.8. The molecule has 1 saturated heterocycles. The molecule has 6 heteroatoms. The lowest BCUT2D eigenvalue weighted by Gasteiger charge is -2.33. The van der Waals surface area contributed by atoms with Crippen molar-refractivity contribution in [2.24, 2.45) is 0 Å². The number of aromatic nitrogens is 2. The van der Waals surface area contributed by atoms with Gasteiger partial charge < -0.3 is 0 Å². The van der Waals surface area contributed by atoms with Gasteiger partial charge in [-0.15, -0.1) is 0 Å². The molecule has 4 nitrogen and oxygen atoms in total. The first-order valence-electron chi connectivity index (χ1n) is 9.25. The highest BCUT2D eigenvalue weighted by molar-refractivity contribution is 9.11. The van der Waals surface area contributed by atoms with Gasteiger partial charge in [0.05, 0.1) is 23.1 Å². The number of fused-ring (bicyclic) bond motifs is 1. The lowest BCUT2D eigenvalue weighted by Crippen LogP contribution is -2.39. The van der Waals surface area contributed by atoms with Crippen molar-refractivity contribution in [1.82, 2.24) is 14.5 Å². The van der Waals surface area contributed by atoms with Gasteiger partial charge in [-0.2, -0.15) is 0 Å². The Morgan fingerprint density at radius 1 is 1.15 bits per heavy atom. The number of halogens is 2. The summed E-state index contributed by atoms with van der Waals surface area (Å²) in [5.41, 5.74) is 1.54. The number of rotatable bonds is 3. The van der Waals surface area contributed by atoms with E-state index < -0.39 is 0 Å². The van der Waals surface area contributed by atoms with Gasteiger partial charge in [0.25, 0.3) is 5.56 Å². The second-order valence-electron chi connectivity index (χ2n) is 7.10. The Kier molecular flexibility index (Phi) is 5.48. The van der Waals surface area contributed by atoms with Gasteiger partial charge in [0.1, 0.15) is 5.82 Å². The van der Waals surface area contributed by atoms with Crippen molar-refractivity contribution in [3.05, 3.63) is 67.6 Å². The van der Waals surface area contributed by atoms with Crippen LogP contribution in [0.15, 0.2) is 56.2 Å². The van der Waals surface area contributed by atoms with E-state index in [1.807, 2.05) is 42.5 Å². The molecule has 1 unspecified atom stereocenters. The summed E-state index contributed by atoms with van der Waals surface area (Å²) in [6, 6.07) is 14.1. The predicted octanol–water partition coefficient (Wildman–Crippen LogP) is 5.29. The van der Waals surface area contributed by atoms with E-state index in [1.54, 1.807) is 4.57 Å². The Morgan fingerprint density at radius 3 is 2.67 bits per heavy atom. The first-order chi connectivity index (χ1) is 13.0. The molecule has 0 N–H and O–H groups in total. The minimum absolute atomic E-state index is 0.0344. The fourth-order valence-corrected chi connectivity index (χ4v) is 5.10. The van der Waals surface area contributed by atoms with Gasteiger partial charge in [0.2, 0.25) is 0 Å². The zero-order valence-corrected chi connectivity index (χ0v) is 18.3. The molecule has 3 aromatic rings. The van der Waals surface area contributed by atoms with Gasteiger partial charge in [0, 0.05) is 15.0 Å². The van der Waals surface area contributed by atoms with Crippen LogP contribution >= 0.6 is 31.9 Å². The molecule has 4 rings (SSSR count). The molecule has 2 heterocycles. The molecule has 0 amide bonds. The zero-order chi connectivity index (χ0) is 19.0. The van der Waals surface area contributed by atoms with Crippen LogP contribution in [0.5, 0.6) is 0 Å². The smallest absolute Gasteiger partial charge is 0.266 e. The van der Waals surface area contributed by atoms with Crippen LogP contribution in [0.4, 0.5) is 0 Å². The summed E-state index contributed by atoms with van der Waals surface area (Å²) < 4.78 is 3.46. The first kappa shape index (κ1) is 18.8. The Bertz CT molecular complexity index is 1030. The lowest BCUT2D eigenvalue weighted by molar-refractivity contribution is 0.148. The number of likely N-dealkylation sites (tertiary alicyclic amines) is 1. The van der Waals surface area contributed by atoms with Gasteiger partial charge in [-0.1, -0.05) is 40.5 Å². The summed E-state index contributed by atoms with van der Waals surface area (Å²) in [5, 5.41) is 0.607. The van der Waals surface area contributed by atoms with Crippen LogP contribution in [0.2, 0.25) is 0 Å². The third kappa shape index (κ3) is 3.75. The molecular weight excluding hydrogens is 470 g/mol. The van der Waals surface area contributed by atoms with Crippen molar-refractivity contribution in [3.63, 3.8) is 0 Å². The lowest BCUT2D eigenvalue weighted by atomic mass is 10.0. The summed E-state index contributed by atoms with van der Waals surface area (Å²) in [6.07, 6.45) is 3.66. The third-order valence-electron chi connectivity index (χ3n) is 5.26. The molecule has 0 radical (unpaired) electrons. The molecule has 1 aliphatic rings. The number of benzene rings is 2. The predicted molar refractivity (Wildman–Crippen MR) is 116 cm³/mol. The van der Waals surface area contributed by atoms with Crippen molar-refractivity contribution in [2.75, 3.05) is 6.54 Å². The maximum Gasteiger partial charge on any atom is 0.266 e. The minimum atomic E-state index is -0.0344. The molecule has 1 aliphatic heterocycles. The molecule has 27 heavy (non-hydrogen) atoms. The molecular formula is C21H21Br2N3O. The van der Waals surface area contributed by atoms with Gasteiger partial charge in [-0.05, 0) is 66.5 Å². The molecule has 0 bridgehead atoms. The quantitative estimate of drug-likeness (QED) is 0.501. The number of piperidine rings is 1. The molecule has 1 atom stereocenters. The highest BCUT2D eigenvalue weighted by atomic mass is 79.9. The van der Waals surface area contributed by atoms with E-state index in [0.717, 1.165) is 32.5 Å². The fraction of sp³-hybridized carbons (Fsp3) is 0.333. The Labute approximate surface area is 175 Å². The van der Waals surface area contributed by atoms with E-state index >= 15 is 0 Å². The van der Waals surface area contributed by atoms with Crippen LogP contribution < -0.4 is 5.56 Å². The maximum absolute atomic E-state index is 13.4. The van der Waals surface area contributed by atoms with Gasteiger partial charge in [-0.25, -0.2) is 4.98 Å². The van der Waals surface area contributed by atoms with Crippen molar-refractivity contribution >= 4 is 42.8 Å². The van der Waals surface area contributed by atoms with Crippen molar-refractivity contribution < 1.29 is 0 Å². The highest BCUT2D eigenvalue weighted by Crippen LogP contribution is 2.27. The number of hydrogen-bond acceptors (Lipinski definition) is 3. The SMILES string of the molecule is CC1CCCCN1Cc1nc2c(Br)cc(Br)cc2c(=O)n1-c1ccccc1. The number of nitrogens with zero attached hydrogens (tertiary/aromatic N) is 3. The second kappa shape index (κ2) is 7.86. The zero-order valence-electron chi connectivity index (χ0n) is 15.2. The summed E-state index contributed by atoms with van der Waals surface area (Å²) in [7, 11) is 0. The number of para-hydroxylation sites is 1. The molecule has 2 aromatic carbocycles. The molecule has 1 fully saturated rings. The minimum Gasteiger partial charge on any atom is -0.293 e. The second-order valence-corrected chi connectivity index (χ2v) is 8.87. The van der Waals surface area contributed by atoms with E-state index in [9.17, 15) is 4.79 Å². The Balaban J connectivity index is 1.93. The van der Waals surface area contributed by atoms with Crippen molar-refractivity contribution in [3.8, 4) is 5.69 Å². The van der Waals surface area contributed by atoms with E-state index in [2.05, 4.69) is 43.7 Å². The van der Waals surface area contributed by atoms with E-state index in [4.69, 9.17) is 4.98 Å². The van der Waals surface area contributed by atoms with Crippen LogP contribution in [0.1, 0.15) is 32.0 Å². The molecule has 1 aromatic heterocycles. The van der Waals surface area contributed by atoms with Crippen molar-refractivity contribution in [1.29, 1.82) is 0 Å².